The second kappa shape index (κ2) is 8.04. The third-order valence-corrected chi connectivity index (χ3v) is 3.64. The fourth-order valence-electron chi connectivity index (χ4n) is 1.99. The van der Waals surface area contributed by atoms with Crippen LogP contribution in [0.25, 0.3) is 0 Å². The first-order valence-electron chi connectivity index (χ1n) is 6.66. The normalized spacial score (nSPS) is 12.1. The van der Waals surface area contributed by atoms with E-state index in [1.807, 2.05) is 42.5 Å². The minimum absolute atomic E-state index is 0.208. The molecule has 0 fully saturated rings. The van der Waals surface area contributed by atoms with Crippen molar-refractivity contribution in [2.75, 3.05) is 6.61 Å². The van der Waals surface area contributed by atoms with E-state index in [0.29, 0.717) is 6.61 Å². The predicted octanol–water partition coefficient (Wildman–Crippen LogP) is 3.29. The van der Waals surface area contributed by atoms with Gasteiger partial charge in [0.25, 0.3) is 0 Å². The average molecular weight is 335 g/mol. The smallest absolute Gasteiger partial charge is 0.119 e. The molecule has 0 saturated carbocycles. The zero-order chi connectivity index (χ0) is 14.2. The number of hydrogen-bond donors (Lipinski definition) is 2. The first-order chi connectivity index (χ1) is 9.78. The number of benzene rings is 2. The summed E-state index contributed by atoms with van der Waals surface area (Å²) in [5.41, 5.74) is 4.12. The van der Waals surface area contributed by atoms with Gasteiger partial charge in [-0.2, -0.15) is 0 Å². The second-order valence-corrected chi connectivity index (χ2v) is 5.56. The van der Waals surface area contributed by atoms with Crippen LogP contribution in [0, 0.1) is 0 Å². The van der Waals surface area contributed by atoms with E-state index >= 15 is 0 Å². The van der Waals surface area contributed by atoms with Gasteiger partial charge >= 0.3 is 0 Å². The Morgan fingerprint density at radius 2 is 1.75 bits per heavy atom. The molecule has 0 aliphatic carbocycles. The lowest BCUT2D eigenvalue weighted by Crippen LogP contribution is -2.37. The van der Waals surface area contributed by atoms with Gasteiger partial charge in [0, 0.05) is 10.5 Å². The maximum Gasteiger partial charge on any atom is 0.119 e. The molecule has 0 amide bonds. The fraction of sp³-hybridized carbons (Fsp3) is 0.250. The fourth-order valence-corrected chi connectivity index (χ4v) is 2.25. The van der Waals surface area contributed by atoms with Crippen molar-refractivity contribution in [3.63, 3.8) is 0 Å². The van der Waals surface area contributed by atoms with Crippen LogP contribution in [0.15, 0.2) is 59.1 Å². The molecule has 0 aliphatic heterocycles. The summed E-state index contributed by atoms with van der Waals surface area (Å²) < 4.78 is 6.78. The molecule has 1 atom stereocenters. The molecule has 2 aromatic rings. The summed E-state index contributed by atoms with van der Waals surface area (Å²) in [4.78, 5) is 0. The van der Waals surface area contributed by atoms with Gasteiger partial charge in [-0.05, 0) is 42.7 Å². The van der Waals surface area contributed by atoms with Crippen LogP contribution in [0.5, 0.6) is 5.75 Å². The highest BCUT2D eigenvalue weighted by molar-refractivity contribution is 9.10. The molecule has 4 heteroatoms. The van der Waals surface area contributed by atoms with Gasteiger partial charge in [0.1, 0.15) is 5.75 Å². The highest BCUT2D eigenvalue weighted by Gasteiger charge is 2.08. The molecule has 0 heterocycles. The summed E-state index contributed by atoms with van der Waals surface area (Å²) in [6.45, 7) is 0.648. The molecule has 2 rings (SSSR count). The van der Waals surface area contributed by atoms with Crippen molar-refractivity contribution in [3.05, 3.63) is 64.6 Å². The molecule has 0 aromatic heterocycles. The molecule has 0 bridgehead atoms. The van der Waals surface area contributed by atoms with Crippen LogP contribution in [0.4, 0.5) is 0 Å². The van der Waals surface area contributed by atoms with E-state index in [4.69, 9.17) is 10.6 Å². The molecule has 3 N–H and O–H groups in total. The molecule has 3 nitrogen and oxygen atoms in total. The molecule has 0 aliphatic rings. The zero-order valence-corrected chi connectivity index (χ0v) is 12.8. The van der Waals surface area contributed by atoms with Crippen molar-refractivity contribution in [1.82, 2.24) is 5.43 Å². The molecule has 2 aromatic carbocycles. The number of hydrogen-bond acceptors (Lipinski definition) is 3. The summed E-state index contributed by atoms with van der Waals surface area (Å²) in [5, 5.41) is 0. The van der Waals surface area contributed by atoms with Crippen molar-refractivity contribution in [3.8, 4) is 5.75 Å². The maximum absolute atomic E-state index is 5.69. The van der Waals surface area contributed by atoms with Gasteiger partial charge < -0.3 is 4.74 Å². The standard InChI is InChI=1S/C16H19BrN2O/c17-14-8-6-13(7-9-14)12-15(19-18)10-11-20-16-4-2-1-3-5-16/h1-9,15,19H,10-12,18H2. The Hall–Kier alpha value is -1.36. The van der Waals surface area contributed by atoms with E-state index in [-0.39, 0.29) is 6.04 Å². The van der Waals surface area contributed by atoms with E-state index in [1.165, 1.54) is 5.56 Å². The van der Waals surface area contributed by atoms with Crippen molar-refractivity contribution >= 4 is 15.9 Å². The molecular formula is C16H19BrN2O. The van der Waals surface area contributed by atoms with Crippen LogP contribution in [0.1, 0.15) is 12.0 Å². The quantitative estimate of drug-likeness (QED) is 0.603. The summed E-state index contributed by atoms with van der Waals surface area (Å²) >= 11 is 3.44. The van der Waals surface area contributed by atoms with Crippen LogP contribution in [0.3, 0.4) is 0 Å². The van der Waals surface area contributed by atoms with Crippen LogP contribution < -0.4 is 16.0 Å². The van der Waals surface area contributed by atoms with Crippen molar-refractivity contribution in [1.29, 1.82) is 0 Å². The van der Waals surface area contributed by atoms with E-state index in [9.17, 15) is 0 Å². The van der Waals surface area contributed by atoms with Crippen molar-refractivity contribution in [2.45, 2.75) is 18.9 Å². The largest absolute Gasteiger partial charge is 0.494 e. The van der Waals surface area contributed by atoms with Gasteiger partial charge in [-0.3, -0.25) is 11.3 Å². The Bertz CT molecular complexity index is 502. The lowest BCUT2D eigenvalue weighted by molar-refractivity contribution is 0.285. The topological polar surface area (TPSA) is 47.3 Å². The average Bonchev–Trinajstić information content (AvgIpc) is 2.49. The van der Waals surface area contributed by atoms with E-state index < -0.39 is 0 Å². The predicted molar refractivity (Wildman–Crippen MR) is 85.5 cm³/mol. The Balaban J connectivity index is 1.79. The van der Waals surface area contributed by atoms with E-state index in [2.05, 4.69) is 33.5 Å². The summed E-state index contributed by atoms with van der Waals surface area (Å²) in [7, 11) is 0. The number of nitrogens with two attached hydrogens (primary N) is 1. The summed E-state index contributed by atoms with van der Waals surface area (Å²) in [5.74, 6) is 6.51. The van der Waals surface area contributed by atoms with E-state index in [1.54, 1.807) is 0 Å². The van der Waals surface area contributed by atoms with Gasteiger partial charge in [0.05, 0.1) is 6.61 Å². The lowest BCUT2D eigenvalue weighted by atomic mass is 10.0. The third kappa shape index (κ3) is 4.96. The summed E-state index contributed by atoms with van der Waals surface area (Å²) in [6.07, 6.45) is 1.75. The molecular weight excluding hydrogens is 316 g/mol. The van der Waals surface area contributed by atoms with Crippen LogP contribution in [-0.2, 0) is 6.42 Å². The Kier molecular flexibility index (Phi) is 6.05. The zero-order valence-electron chi connectivity index (χ0n) is 11.3. The van der Waals surface area contributed by atoms with Gasteiger partial charge in [-0.25, -0.2) is 0 Å². The van der Waals surface area contributed by atoms with Crippen molar-refractivity contribution < 1.29 is 4.74 Å². The SMILES string of the molecule is NNC(CCOc1ccccc1)Cc1ccc(Br)cc1. The molecule has 0 radical (unpaired) electrons. The number of halogens is 1. The van der Waals surface area contributed by atoms with Crippen LogP contribution in [-0.4, -0.2) is 12.6 Å². The maximum atomic E-state index is 5.69. The number of ether oxygens (including phenoxy) is 1. The first-order valence-corrected chi connectivity index (χ1v) is 7.45. The Morgan fingerprint density at radius 3 is 2.40 bits per heavy atom. The van der Waals surface area contributed by atoms with Gasteiger partial charge in [0.15, 0.2) is 0 Å². The van der Waals surface area contributed by atoms with Gasteiger partial charge in [-0.1, -0.05) is 46.3 Å². The van der Waals surface area contributed by atoms with Crippen LogP contribution >= 0.6 is 15.9 Å². The molecule has 106 valence electrons. The molecule has 1 unspecified atom stereocenters. The number of rotatable bonds is 7. The van der Waals surface area contributed by atoms with Gasteiger partial charge in [-0.15, -0.1) is 0 Å². The number of para-hydroxylation sites is 1. The summed E-state index contributed by atoms with van der Waals surface area (Å²) in [6, 6.07) is 18.3. The highest BCUT2D eigenvalue weighted by Crippen LogP contribution is 2.13. The Morgan fingerprint density at radius 1 is 1.05 bits per heavy atom. The molecule has 0 saturated heterocycles. The Labute approximate surface area is 128 Å². The monoisotopic (exact) mass is 334 g/mol. The highest BCUT2D eigenvalue weighted by atomic mass is 79.9. The van der Waals surface area contributed by atoms with Crippen molar-refractivity contribution in [2.24, 2.45) is 5.84 Å². The minimum Gasteiger partial charge on any atom is -0.494 e. The van der Waals surface area contributed by atoms with Crippen LogP contribution in [0.2, 0.25) is 0 Å². The lowest BCUT2D eigenvalue weighted by Gasteiger charge is -2.16. The number of nitrogens with one attached hydrogen (secondary N) is 1. The van der Waals surface area contributed by atoms with E-state index in [0.717, 1.165) is 23.1 Å². The van der Waals surface area contributed by atoms with Gasteiger partial charge in [0.2, 0.25) is 0 Å². The first kappa shape index (κ1) is 15.0. The molecule has 20 heavy (non-hydrogen) atoms. The second-order valence-electron chi connectivity index (χ2n) is 4.64. The minimum atomic E-state index is 0.208. The number of hydrazine groups is 1. The molecule has 0 spiro atoms. The third-order valence-electron chi connectivity index (χ3n) is 3.11.